The summed E-state index contributed by atoms with van der Waals surface area (Å²) in [5, 5.41) is 2.97. The highest BCUT2D eigenvalue weighted by molar-refractivity contribution is 5.91. The zero-order chi connectivity index (χ0) is 18.6. The molecule has 2 aliphatic rings. The monoisotopic (exact) mass is 369 g/mol. The van der Waals surface area contributed by atoms with Gasteiger partial charge in [0.2, 0.25) is 6.79 Å². The summed E-state index contributed by atoms with van der Waals surface area (Å²) >= 11 is 0. The first-order chi connectivity index (χ1) is 13.2. The number of hydrogen-bond donors (Lipinski definition) is 3. The SMILES string of the molecule is Cc1cccc(C[NH+]2CC[NH+](CC(=O)Nc3ccc4c(c3)OCO4)CC2)c1. The first kappa shape index (κ1) is 17.8. The normalized spacial score (nSPS) is 21.1. The molecule has 2 aromatic carbocycles. The molecule has 1 saturated heterocycles. The Bertz CT molecular complexity index is 816. The molecule has 27 heavy (non-hydrogen) atoms. The van der Waals surface area contributed by atoms with Gasteiger partial charge in [-0.05, 0) is 19.1 Å². The second-order valence-corrected chi connectivity index (χ2v) is 7.46. The third kappa shape index (κ3) is 4.59. The molecule has 0 atom stereocenters. The predicted molar refractivity (Wildman–Crippen MR) is 102 cm³/mol. The van der Waals surface area contributed by atoms with Gasteiger partial charge in [0, 0.05) is 17.3 Å². The van der Waals surface area contributed by atoms with Crippen LogP contribution >= 0.6 is 0 Å². The van der Waals surface area contributed by atoms with Crippen LogP contribution in [0.15, 0.2) is 42.5 Å². The van der Waals surface area contributed by atoms with Crippen LogP contribution in [0.2, 0.25) is 0 Å². The number of carbonyl (C=O) groups is 1. The molecule has 0 unspecified atom stereocenters. The van der Waals surface area contributed by atoms with Crippen molar-refractivity contribution in [1.29, 1.82) is 0 Å². The molecule has 1 fully saturated rings. The third-order valence-corrected chi connectivity index (χ3v) is 5.27. The summed E-state index contributed by atoms with van der Waals surface area (Å²) in [5.74, 6) is 1.46. The van der Waals surface area contributed by atoms with Crippen molar-refractivity contribution >= 4 is 11.6 Å². The molecule has 0 spiro atoms. The van der Waals surface area contributed by atoms with E-state index in [1.165, 1.54) is 16.0 Å². The second kappa shape index (κ2) is 7.98. The maximum atomic E-state index is 12.4. The Morgan fingerprint density at radius 1 is 1.00 bits per heavy atom. The molecule has 0 saturated carbocycles. The lowest BCUT2D eigenvalue weighted by atomic mass is 10.1. The van der Waals surface area contributed by atoms with Gasteiger partial charge in [0.15, 0.2) is 18.0 Å². The Hall–Kier alpha value is -2.57. The number of quaternary nitrogens is 2. The summed E-state index contributed by atoms with van der Waals surface area (Å²) < 4.78 is 10.7. The summed E-state index contributed by atoms with van der Waals surface area (Å²) in [6.45, 7) is 8.20. The lowest BCUT2D eigenvalue weighted by molar-refractivity contribution is -1.02. The zero-order valence-corrected chi connectivity index (χ0v) is 15.7. The number of fused-ring (bicyclic) bond motifs is 1. The Balaban J connectivity index is 1.23. The van der Waals surface area contributed by atoms with E-state index in [4.69, 9.17) is 9.47 Å². The van der Waals surface area contributed by atoms with Crippen molar-refractivity contribution in [3.8, 4) is 11.5 Å². The van der Waals surface area contributed by atoms with Crippen molar-refractivity contribution in [1.82, 2.24) is 0 Å². The Labute approximate surface area is 159 Å². The molecular weight excluding hydrogens is 342 g/mol. The van der Waals surface area contributed by atoms with Crippen molar-refractivity contribution in [2.45, 2.75) is 13.5 Å². The number of anilines is 1. The average molecular weight is 369 g/mol. The van der Waals surface area contributed by atoms with E-state index in [9.17, 15) is 4.79 Å². The predicted octanol–water partition coefficient (Wildman–Crippen LogP) is -0.354. The topological polar surface area (TPSA) is 56.4 Å². The van der Waals surface area contributed by atoms with Crippen LogP contribution in [0.5, 0.6) is 11.5 Å². The van der Waals surface area contributed by atoms with E-state index in [1.54, 1.807) is 4.90 Å². The van der Waals surface area contributed by atoms with Gasteiger partial charge in [0.05, 0.1) is 0 Å². The van der Waals surface area contributed by atoms with Crippen LogP contribution in [-0.4, -0.2) is 45.4 Å². The van der Waals surface area contributed by atoms with Crippen molar-refractivity contribution in [2.24, 2.45) is 0 Å². The number of amides is 1. The number of benzene rings is 2. The van der Waals surface area contributed by atoms with E-state index < -0.39 is 0 Å². The van der Waals surface area contributed by atoms with E-state index in [2.05, 4.69) is 36.5 Å². The highest BCUT2D eigenvalue weighted by atomic mass is 16.7. The maximum absolute atomic E-state index is 12.4. The fourth-order valence-corrected chi connectivity index (χ4v) is 3.83. The van der Waals surface area contributed by atoms with Crippen LogP contribution in [0, 0.1) is 6.92 Å². The summed E-state index contributed by atoms with van der Waals surface area (Å²) in [6, 6.07) is 14.2. The van der Waals surface area contributed by atoms with Gasteiger partial charge in [0.1, 0.15) is 32.7 Å². The van der Waals surface area contributed by atoms with Crippen LogP contribution in [0.4, 0.5) is 5.69 Å². The lowest BCUT2D eigenvalue weighted by Crippen LogP contribution is -3.28. The molecule has 2 aliphatic heterocycles. The molecule has 2 aromatic rings. The molecular formula is C21H27N3O3+2. The maximum Gasteiger partial charge on any atom is 0.279 e. The van der Waals surface area contributed by atoms with Crippen LogP contribution < -0.4 is 24.6 Å². The van der Waals surface area contributed by atoms with E-state index >= 15 is 0 Å². The van der Waals surface area contributed by atoms with Crippen molar-refractivity contribution in [3.05, 3.63) is 53.6 Å². The average Bonchev–Trinajstić information content (AvgIpc) is 3.11. The number of hydrogen-bond acceptors (Lipinski definition) is 3. The van der Waals surface area contributed by atoms with Crippen LogP contribution in [0.25, 0.3) is 0 Å². The van der Waals surface area contributed by atoms with E-state index in [0.717, 1.165) is 44.2 Å². The number of rotatable bonds is 5. The Morgan fingerprint density at radius 2 is 1.78 bits per heavy atom. The fourth-order valence-electron chi connectivity index (χ4n) is 3.83. The molecule has 4 rings (SSSR count). The minimum atomic E-state index is 0.0472. The standard InChI is InChI=1S/C21H25N3O3/c1-16-3-2-4-17(11-16)13-23-7-9-24(10-8-23)14-21(25)22-18-5-6-19-20(12-18)27-15-26-19/h2-6,11-12H,7-10,13-15H2,1H3,(H,22,25)/p+2. The van der Waals surface area contributed by atoms with Gasteiger partial charge in [-0.15, -0.1) is 0 Å². The summed E-state index contributed by atoms with van der Waals surface area (Å²) in [5.41, 5.74) is 3.47. The molecule has 1 amide bonds. The van der Waals surface area contributed by atoms with Crippen molar-refractivity contribution < 1.29 is 24.1 Å². The van der Waals surface area contributed by atoms with Gasteiger partial charge in [-0.3, -0.25) is 4.79 Å². The van der Waals surface area contributed by atoms with E-state index in [-0.39, 0.29) is 12.7 Å². The quantitative estimate of drug-likeness (QED) is 0.675. The molecule has 0 aromatic heterocycles. The highest BCUT2D eigenvalue weighted by Gasteiger charge is 2.25. The minimum Gasteiger partial charge on any atom is -0.454 e. The molecule has 142 valence electrons. The molecule has 0 aliphatic carbocycles. The Kier molecular flexibility index (Phi) is 5.27. The Morgan fingerprint density at radius 3 is 2.59 bits per heavy atom. The van der Waals surface area contributed by atoms with Gasteiger partial charge in [-0.2, -0.15) is 0 Å². The van der Waals surface area contributed by atoms with Crippen LogP contribution in [0.1, 0.15) is 11.1 Å². The molecule has 0 bridgehead atoms. The number of ether oxygens (including phenoxy) is 2. The smallest absolute Gasteiger partial charge is 0.279 e. The summed E-state index contributed by atoms with van der Waals surface area (Å²) in [4.78, 5) is 15.3. The molecule has 6 nitrogen and oxygen atoms in total. The number of nitrogens with one attached hydrogen (secondary N) is 3. The fraction of sp³-hybridized carbons (Fsp3) is 0.381. The first-order valence-electron chi connectivity index (χ1n) is 9.58. The van der Waals surface area contributed by atoms with Gasteiger partial charge in [-0.1, -0.05) is 29.8 Å². The van der Waals surface area contributed by atoms with Crippen LogP contribution in [0.3, 0.4) is 0 Å². The third-order valence-electron chi connectivity index (χ3n) is 5.27. The largest absolute Gasteiger partial charge is 0.454 e. The lowest BCUT2D eigenvalue weighted by Gasteiger charge is -2.29. The zero-order valence-electron chi connectivity index (χ0n) is 15.7. The first-order valence-corrected chi connectivity index (χ1v) is 9.58. The number of carbonyl (C=O) groups excluding carboxylic acids is 1. The minimum absolute atomic E-state index is 0.0472. The molecule has 6 heteroatoms. The summed E-state index contributed by atoms with van der Waals surface area (Å²) in [7, 11) is 0. The molecule has 2 heterocycles. The number of piperazine rings is 1. The van der Waals surface area contributed by atoms with Gasteiger partial charge >= 0.3 is 0 Å². The highest BCUT2D eigenvalue weighted by Crippen LogP contribution is 2.34. The van der Waals surface area contributed by atoms with Gasteiger partial charge in [-0.25, -0.2) is 0 Å². The van der Waals surface area contributed by atoms with E-state index in [1.807, 2.05) is 18.2 Å². The summed E-state index contributed by atoms with van der Waals surface area (Å²) in [6.07, 6.45) is 0. The van der Waals surface area contributed by atoms with Gasteiger partial charge < -0.3 is 24.6 Å². The molecule has 3 N–H and O–H groups in total. The second-order valence-electron chi connectivity index (χ2n) is 7.46. The number of aryl methyl sites for hydroxylation is 1. The van der Waals surface area contributed by atoms with Gasteiger partial charge in [0.25, 0.3) is 5.91 Å². The molecule has 0 radical (unpaired) electrons. The van der Waals surface area contributed by atoms with Crippen molar-refractivity contribution in [2.75, 3.05) is 44.8 Å². The van der Waals surface area contributed by atoms with Crippen molar-refractivity contribution in [3.63, 3.8) is 0 Å². The van der Waals surface area contributed by atoms with E-state index in [0.29, 0.717) is 12.3 Å². The van der Waals surface area contributed by atoms with Crippen LogP contribution in [-0.2, 0) is 11.3 Å².